The monoisotopic (exact) mass is 498 g/mol. The average molecular weight is 499 g/mol. The molecular weight excluding hydrogens is 479 g/mol. The van der Waals surface area contributed by atoms with E-state index >= 15 is 0 Å². The molecule has 7 heteroatoms. The molecule has 0 aromatic heterocycles. The Labute approximate surface area is 186 Å². The van der Waals surface area contributed by atoms with Gasteiger partial charge in [0.15, 0.2) is 0 Å². The van der Waals surface area contributed by atoms with Gasteiger partial charge in [0.05, 0.1) is 0 Å². The quantitative estimate of drug-likeness (QED) is 0.356. The van der Waals surface area contributed by atoms with Crippen LogP contribution in [0.1, 0.15) is 11.1 Å². The summed E-state index contributed by atoms with van der Waals surface area (Å²) in [6.07, 6.45) is 0. The van der Waals surface area contributed by atoms with E-state index < -0.39 is 0 Å². The largest absolute Gasteiger partial charge is 2.00 e. The van der Waals surface area contributed by atoms with Gasteiger partial charge in [0.25, 0.3) is 0 Å². The molecule has 0 spiro atoms. The van der Waals surface area contributed by atoms with Crippen molar-refractivity contribution in [1.82, 2.24) is 9.80 Å². The minimum absolute atomic E-state index is 0. The van der Waals surface area contributed by atoms with Crippen molar-refractivity contribution in [3.63, 3.8) is 0 Å². The van der Waals surface area contributed by atoms with Crippen molar-refractivity contribution in [2.45, 2.75) is 13.1 Å². The van der Waals surface area contributed by atoms with Crippen LogP contribution in [-0.4, -0.2) is 32.5 Å². The van der Waals surface area contributed by atoms with Crippen LogP contribution in [0.15, 0.2) is 60.7 Å². The van der Waals surface area contributed by atoms with Gasteiger partial charge in [-0.2, -0.15) is 0 Å². The first-order chi connectivity index (χ1) is 11.4. The molecule has 0 amide bonds. The van der Waals surface area contributed by atoms with E-state index in [0.29, 0.717) is 8.64 Å². The first-order valence-electron chi connectivity index (χ1n) is 7.32. The normalized spacial score (nSPS) is 9.04. The molecule has 136 valence electrons. The van der Waals surface area contributed by atoms with E-state index in [-0.39, 0.29) is 20.4 Å². The number of thiocarbonyl (C=S) groups is 2. The van der Waals surface area contributed by atoms with Crippen LogP contribution in [-0.2, 0) is 58.8 Å². The summed E-state index contributed by atoms with van der Waals surface area (Å²) >= 11 is 19.4. The molecule has 25 heavy (non-hydrogen) atoms. The van der Waals surface area contributed by atoms with Gasteiger partial charge in [-0.15, -0.1) is 0 Å². The molecule has 2 aromatic rings. The average Bonchev–Trinajstić information content (AvgIpc) is 2.57. The molecule has 0 saturated carbocycles. The van der Waals surface area contributed by atoms with Crippen molar-refractivity contribution >= 4 is 58.3 Å². The Hall–Kier alpha value is -0.678. The molecule has 0 saturated heterocycles. The molecule has 2 nitrogen and oxygen atoms in total. The van der Waals surface area contributed by atoms with Crippen molar-refractivity contribution < 1.29 is 20.4 Å². The van der Waals surface area contributed by atoms with Crippen LogP contribution >= 0.6 is 24.4 Å². The molecule has 0 aliphatic rings. The maximum atomic E-state index is 4.86. The van der Waals surface area contributed by atoms with Gasteiger partial charge in [-0.05, 0) is 11.1 Å². The fourth-order valence-corrected chi connectivity index (χ4v) is 2.10. The Morgan fingerprint density at radius 3 is 1.24 bits per heavy atom. The van der Waals surface area contributed by atoms with Crippen LogP contribution in [0, 0.1) is 0 Å². The molecule has 0 heterocycles. The summed E-state index contributed by atoms with van der Waals surface area (Å²) in [6, 6.07) is 20.3. The first kappa shape index (κ1) is 24.3. The van der Waals surface area contributed by atoms with Gasteiger partial charge in [-0.25, -0.2) is 0 Å². The van der Waals surface area contributed by atoms with Gasteiger partial charge in [0.1, 0.15) is 0 Å². The van der Waals surface area contributed by atoms with Gasteiger partial charge >= 0.3 is 20.4 Å². The fourth-order valence-electron chi connectivity index (χ4n) is 1.84. The van der Waals surface area contributed by atoms with Crippen LogP contribution in [0.5, 0.6) is 0 Å². The van der Waals surface area contributed by atoms with Gasteiger partial charge in [-0.1, -0.05) is 69.3 Å². The zero-order valence-electron chi connectivity index (χ0n) is 14.0. The van der Waals surface area contributed by atoms with E-state index in [2.05, 4.69) is 24.3 Å². The molecule has 0 unspecified atom stereocenters. The Morgan fingerprint density at radius 1 is 0.720 bits per heavy atom. The van der Waals surface area contributed by atoms with E-state index in [1.165, 1.54) is 11.1 Å². The maximum Gasteiger partial charge on any atom is 2.00 e. The summed E-state index contributed by atoms with van der Waals surface area (Å²) in [5.74, 6) is 0. The Kier molecular flexibility index (Phi) is 13.1. The smallest absolute Gasteiger partial charge is 0.411 e. The Balaban J connectivity index is 0.000000443. The van der Waals surface area contributed by atoms with E-state index in [1.54, 1.807) is 0 Å². The molecule has 0 atom stereocenters. The maximum absolute atomic E-state index is 4.86. The number of rotatable bonds is 4. The minimum atomic E-state index is 0. The van der Waals surface area contributed by atoms with Crippen LogP contribution in [0.25, 0.3) is 0 Å². The zero-order chi connectivity index (χ0) is 17.9. The second kappa shape index (κ2) is 13.5. The minimum Gasteiger partial charge on any atom is -0.411 e. The number of hydrogen-bond donors (Lipinski definition) is 0. The molecular formula is C18H20N2PdS4. The number of nitrogens with zero attached hydrogens (tertiary/aromatic N) is 2. The molecule has 0 bridgehead atoms. The first-order valence-corrected chi connectivity index (χ1v) is 8.95. The second-order valence-electron chi connectivity index (χ2n) is 5.22. The third-order valence-corrected chi connectivity index (χ3v) is 4.40. The van der Waals surface area contributed by atoms with Gasteiger partial charge in [-0.3, -0.25) is 0 Å². The summed E-state index contributed by atoms with van der Waals surface area (Å²) in [6.45, 7) is 1.59. The van der Waals surface area contributed by atoms with E-state index in [4.69, 9.17) is 49.7 Å². The SMILES string of the molecule is CN(Cc1ccccc1)C(=S)[S-].CN(Cc1ccccc1)C(=S)[S-].[Pd+2]. The zero-order valence-corrected chi connectivity index (χ0v) is 18.9. The van der Waals surface area contributed by atoms with E-state index in [9.17, 15) is 0 Å². The van der Waals surface area contributed by atoms with Crippen molar-refractivity contribution in [2.75, 3.05) is 14.1 Å². The van der Waals surface area contributed by atoms with Crippen molar-refractivity contribution in [3.8, 4) is 0 Å². The van der Waals surface area contributed by atoms with Crippen molar-refractivity contribution in [3.05, 3.63) is 71.8 Å². The summed E-state index contributed by atoms with van der Waals surface area (Å²) in [5.41, 5.74) is 2.46. The van der Waals surface area contributed by atoms with Crippen LogP contribution < -0.4 is 0 Å². The van der Waals surface area contributed by atoms with Gasteiger partial charge in [0, 0.05) is 27.2 Å². The van der Waals surface area contributed by atoms with Crippen LogP contribution in [0.2, 0.25) is 0 Å². The second-order valence-corrected chi connectivity index (χ2v) is 7.28. The van der Waals surface area contributed by atoms with Gasteiger partial charge < -0.3 is 59.5 Å². The predicted molar refractivity (Wildman–Crippen MR) is 116 cm³/mol. The summed E-state index contributed by atoms with van der Waals surface area (Å²) in [5, 5.41) is 0. The third kappa shape index (κ3) is 10.8. The Bertz CT molecular complexity index is 581. The van der Waals surface area contributed by atoms with E-state index in [1.807, 2.05) is 60.3 Å². The molecule has 0 aliphatic carbocycles. The molecule has 0 fully saturated rings. The van der Waals surface area contributed by atoms with Crippen LogP contribution in [0.4, 0.5) is 0 Å². The molecule has 0 aliphatic heterocycles. The Morgan fingerprint density at radius 2 is 1.00 bits per heavy atom. The molecule has 2 rings (SSSR count). The van der Waals surface area contributed by atoms with Gasteiger partial charge in [0.2, 0.25) is 0 Å². The number of benzene rings is 2. The summed E-state index contributed by atoms with van der Waals surface area (Å²) in [4.78, 5) is 3.75. The van der Waals surface area contributed by atoms with Crippen molar-refractivity contribution in [1.29, 1.82) is 0 Å². The summed E-state index contributed by atoms with van der Waals surface area (Å²) in [7, 11) is 3.81. The van der Waals surface area contributed by atoms with Crippen LogP contribution in [0.3, 0.4) is 0 Å². The van der Waals surface area contributed by atoms with E-state index in [0.717, 1.165) is 13.1 Å². The van der Waals surface area contributed by atoms with Crippen molar-refractivity contribution in [2.24, 2.45) is 0 Å². The third-order valence-electron chi connectivity index (χ3n) is 3.15. The molecule has 2 aromatic carbocycles. The molecule has 0 N–H and O–H groups in total. The molecule has 0 radical (unpaired) electrons. The topological polar surface area (TPSA) is 6.48 Å². The summed E-state index contributed by atoms with van der Waals surface area (Å²) < 4.78 is 1.03. The fraction of sp³-hybridized carbons (Fsp3) is 0.222. The number of hydrogen-bond acceptors (Lipinski definition) is 4. The predicted octanol–water partition coefficient (Wildman–Crippen LogP) is 3.90. The standard InChI is InChI=1S/2C9H11NS2.Pd/c2*1-10(9(11)12)7-8-5-3-2-4-6-8;/h2*2-6H,7H2,1H3,(H,11,12);/q;;+2/p-2.